The van der Waals surface area contributed by atoms with Crippen LogP contribution in [0.15, 0.2) is 29.2 Å². The summed E-state index contributed by atoms with van der Waals surface area (Å²) in [6.45, 7) is 1.20. The van der Waals surface area contributed by atoms with E-state index in [4.69, 9.17) is 10.2 Å². The van der Waals surface area contributed by atoms with E-state index in [9.17, 15) is 13.2 Å². The summed E-state index contributed by atoms with van der Waals surface area (Å²) in [5.74, 6) is -0.815. The van der Waals surface area contributed by atoms with Gasteiger partial charge in [0.2, 0.25) is 10.0 Å². The van der Waals surface area contributed by atoms with Crippen LogP contribution in [0.1, 0.15) is 12.0 Å². The normalized spacial score (nSPS) is 11.7. The van der Waals surface area contributed by atoms with E-state index in [1.54, 1.807) is 12.1 Å². The molecule has 0 bridgehead atoms. The fourth-order valence-electron chi connectivity index (χ4n) is 1.56. The molecule has 0 aliphatic carbocycles. The molecule has 0 aromatic heterocycles. The zero-order valence-electron chi connectivity index (χ0n) is 10.7. The second kappa shape index (κ2) is 6.65. The summed E-state index contributed by atoms with van der Waals surface area (Å²) in [6, 6.07) is 6.37. The number of benzene rings is 1. The molecule has 106 valence electrons. The van der Waals surface area contributed by atoms with Crippen LogP contribution in [0.5, 0.6) is 0 Å². The molecule has 0 heterocycles. The molecule has 1 rings (SSSR count). The van der Waals surface area contributed by atoms with Gasteiger partial charge in [-0.3, -0.25) is 4.79 Å². The molecule has 0 saturated carbocycles. The minimum atomic E-state index is -3.64. The molecule has 0 atom stereocenters. The lowest BCUT2D eigenvalue weighted by Gasteiger charge is -2.15. The third-order valence-corrected chi connectivity index (χ3v) is 3.67. The first kappa shape index (κ1) is 15.6. The van der Waals surface area contributed by atoms with E-state index < -0.39 is 16.0 Å². The van der Waals surface area contributed by atoms with Crippen LogP contribution in [0.4, 0.5) is 0 Å². The molecular weight excluding hydrogens is 268 g/mol. The number of nitrogens with two attached hydrogens (primary N) is 1. The quantitative estimate of drug-likeness (QED) is 0.750. The SMILES string of the molecule is CN(CCC(=O)O)CCc1ccc(S(N)(=O)=O)cc1. The molecule has 1 aromatic carbocycles. The number of aliphatic carboxylic acids is 1. The van der Waals surface area contributed by atoms with Crippen LogP contribution in [0.25, 0.3) is 0 Å². The number of sulfonamides is 1. The molecule has 1 aromatic rings. The van der Waals surface area contributed by atoms with Gasteiger partial charge >= 0.3 is 5.97 Å². The summed E-state index contributed by atoms with van der Waals surface area (Å²) in [4.78, 5) is 12.4. The summed E-state index contributed by atoms with van der Waals surface area (Å²) in [5.41, 5.74) is 0.981. The average Bonchev–Trinajstić information content (AvgIpc) is 2.33. The highest BCUT2D eigenvalue weighted by molar-refractivity contribution is 7.89. The Bertz CT molecular complexity index is 525. The molecular formula is C12H18N2O4S. The molecule has 6 nitrogen and oxygen atoms in total. The number of carboxylic acids is 1. The number of nitrogens with zero attached hydrogens (tertiary/aromatic N) is 1. The molecule has 0 aliphatic rings. The van der Waals surface area contributed by atoms with Crippen LogP contribution in [-0.2, 0) is 21.2 Å². The lowest BCUT2D eigenvalue weighted by atomic mass is 10.1. The Labute approximate surface area is 112 Å². The molecule has 0 spiro atoms. The fraction of sp³-hybridized carbons (Fsp3) is 0.417. The molecule has 0 unspecified atom stereocenters. The highest BCUT2D eigenvalue weighted by Gasteiger charge is 2.07. The van der Waals surface area contributed by atoms with E-state index in [2.05, 4.69) is 0 Å². The van der Waals surface area contributed by atoms with Crippen molar-refractivity contribution in [2.45, 2.75) is 17.7 Å². The standard InChI is InChI=1S/C12H18N2O4S/c1-14(9-7-12(15)16)8-6-10-2-4-11(5-3-10)19(13,17)18/h2-5H,6-9H2,1H3,(H,15,16)(H2,13,17,18). The van der Waals surface area contributed by atoms with Gasteiger partial charge < -0.3 is 10.0 Å². The largest absolute Gasteiger partial charge is 0.481 e. The van der Waals surface area contributed by atoms with Crippen LogP contribution in [0, 0.1) is 0 Å². The van der Waals surface area contributed by atoms with Gasteiger partial charge in [0.15, 0.2) is 0 Å². The molecule has 0 aliphatic heterocycles. The van der Waals surface area contributed by atoms with E-state index in [1.807, 2.05) is 11.9 Å². The van der Waals surface area contributed by atoms with E-state index >= 15 is 0 Å². The smallest absolute Gasteiger partial charge is 0.304 e. The van der Waals surface area contributed by atoms with Crippen molar-refractivity contribution in [2.75, 3.05) is 20.1 Å². The Balaban J connectivity index is 2.48. The zero-order valence-corrected chi connectivity index (χ0v) is 11.6. The van der Waals surface area contributed by atoms with Gasteiger partial charge in [-0.05, 0) is 31.2 Å². The second-order valence-electron chi connectivity index (χ2n) is 4.39. The van der Waals surface area contributed by atoms with Gasteiger partial charge in [0.25, 0.3) is 0 Å². The van der Waals surface area contributed by atoms with Gasteiger partial charge in [0.1, 0.15) is 0 Å². The third-order valence-electron chi connectivity index (χ3n) is 2.74. The van der Waals surface area contributed by atoms with E-state index in [0.29, 0.717) is 13.1 Å². The van der Waals surface area contributed by atoms with Crippen molar-refractivity contribution in [3.8, 4) is 0 Å². The summed E-state index contributed by atoms with van der Waals surface area (Å²) < 4.78 is 22.1. The van der Waals surface area contributed by atoms with E-state index in [-0.39, 0.29) is 11.3 Å². The van der Waals surface area contributed by atoms with Gasteiger partial charge in [-0.2, -0.15) is 0 Å². The minimum Gasteiger partial charge on any atom is -0.481 e. The molecule has 0 radical (unpaired) electrons. The number of hydrogen-bond donors (Lipinski definition) is 2. The number of carboxylic acid groups (broad SMARTS) is 1. The zero-order chi connectivity index (χ0) is 14.5. The number of rotatable bonds is 7. The van der Waals surface area contributed by atoms with Crippen LogP contribution in [0.2, 0.25) is 0 Å². The number of carbonyl (C=O) groups is 1. The van der Waals surface area contributed by atoms with Crippen LogP contribution in [-0.4, -0.2) is 44.5 Å². The van der Waals surface area contributed by atoms with Gasteiger partial charge in [-0.1, -0.05) is 12.1 Å². The molecule has 3 N–H and O–H groups in total. The summed E-state index contributed by atoms with van der Waals surface area (Å²) in [6.07, 6.45) is 0.835. The van der Waals surface area contributed by atoms with Crippen molar-refractivity contribution in [1.29, 1.82) is 0 Å². The third kappa shape index (κ3) is 5.82. The Morgan fingerprint density at radius 1 is 1.26 bits per heavy atom. The van der Waals surface area contributed by atoms with Gasteiger partial charge in [-0.15, -0.1) is 0 Å². The molecule has 19 heavy (non-hydrogen) atoms. The lowest BCUT2D eigenvalue weighted by Crippen LogP contribution is -2.24. The van der Waals surface area contributed by atoms with Crippen LogP contribution >= 0.6 is 0 Å². The highest BCUT2D eigenvalue weighted by atomic mass is 32.2. The lowest BCUT2D eigenvalue weighted by molar-refractivity contribution is -0.137. The van der Waals surface area contributed by atoms with Crippen LogP contribution < -0.4 is 5.14 Å². The van der Waals surface area contributed by atoms with Crippen molar-refractivity contribution in [1.82, 2.24) is 4.90 Å². The fourth-order valence-corrected chi connectivity index (χ4v) is 2.08. The van der Waals surface area contributed by atoms with Crippen molar-refractivity contribution in [3.63, 3.8) is 0 Å². The average molecular weight is 286 g/mol. The van der Waals surface area contributed by atoms with Crippen LogP contribution in [0.3, 0.4) is 0 Å². The Kier molecular flexibility index (Phi) is 5.46. The molecule has 7 heteroatoms. The maximum absolute atomic E-state index is 11.1. The first-order valence-electron chi connectivity index (χ1n) is 5.81. The Morgan fingerprint density at radius 2 is 1.84 bits per heavy atom. The molecule has 0 saturated heterocycles. The first-order chi connectivity index (χ1) is 8.79. The van der Waals surface area contributed by atoms with Crippen molar-refractivity contribution < 1.29 is 18.3 Å². The summed E-state index contributed by atoms with van der Waals surface area (Å²) >= 11 is 0. The topological polar surface area (TPSA) is 101 Å². The summed E-state index contributed by atoms with van der Waals surface area (Å²) in [7, 11) is -1.80. The minimum absolute atomic E-state index is 0.0930. The monoisotopic (exact) mass is 286 g/mol. The maximum atomic E-state index is 11.1. The number of hydrogen-bond acceptors (Lipinski definition) is 4. The number of primary sulfonamides is 1. The summed E-state index contributed by atoms with van der Waals surface area (Å²) in [5, 5.41) is 13.6. The first-order valence-corrected chi connectivity index (χ1v) is 7.36. The van der Waals surface area contributed by atoms with E-state index in [1.165, 1.54) is 12.1 Å². The van der Waals surface area contributed by atoms with Crippen molar-refractivity contribution >= 4 is 16.0 Å². The Hall–Kier alpha value is -1.44. The number of likely N-dealkylation sites (N-methyl/N-ethyl adjacent to an activating group) is 1. The predicted molar refractivity (Wildman–Crippen MR) is 71.3 cm³/mol. The van der Waals surface area contributed by atoms with Gasteiger partial charge in [0.05, 0.1) is 11.3 Å². The maximum Gasteiger partial charge on any atom is 0.304 e. The Morgan fingerprint density at radius 3 is 2.32 bits per heavy atom. The predicted octanol–water partition coefficient (Wildman–Crippen LogP) is 0.283. The molecule has 0 fully saturated rings. The van der Waals surface area contributed by atoms with Gasteiger partial charge in [-0.25, -0.2) is 13.6 Å². The van der Waals surface area contributed by atoms with Crippen molar-refractivity contribution in [2.24, 2.45) is 5.14 Å². The van der Waals surface area contributed by atoms with Gasteiger partial charge in [0, 0.05) is 13.1 Å². The van der Waals surface area contributed by atoms with Crippen molar-refractivity contribution in [3.05, 3.63) is 29.8 Å². The second-order valence-corrected chi connectivity index (χ2v) is 5.95. The molecule has 0 amide bonds. The highest BCUT2D eigenvalue weighted by Crippen LogP contribution is 2.09. The van der Waals surface area contributed by atoms with E-state index in [0.717, 1.165) is 12.0 Å².